The third kappa shape index (κ3) is 2.79. The Morgan fingerprint density at radius 1 is 1.00 bits per heavy atom. The molecule has 1 amide bonds. The molecule has 0 spiro atoms. The first-order valence-electron chi connectivity index (χ1n) is 7.40. The highest BCUT2D eigenvalue weighted by atomic mass is 32.2. The number of benzene rings is 2. The van der Waals surface area contributed by atoms with Gasteiger partial charge in [-0.05, 0) is 37.3 Å². The van der Waals surface area contributed by atoms with Crippen LogP contribution in [0.3, 0.4) is 0 Å². The van der Waals surface area contributed by atoms with E-state index in [9.17, 15) is 4.79 Å². The molecule has 3 aromatic rings. The van der Waals surface area contributed by atoms with E-state index in [2.05, 4.69) is 9.97 Å². The van der Waals surface area contributed by atoms with Crippen molar-refractivity contribution in [2.75, 3.05) is 4.90 Å². The molecule has 0 radical (unpaired) electrons. The smallest absolute Gasteiger partial charge is 0.269 e. The SMILES string of the molecule is Cc1ccnc(SC(=O)N2c3ccccc3Sc3ccccc32)n1. The predicted octanol–water partition coefficient (Wildman–Crippen LogP) is 5.30. The minimum absolute atomic E-state index is 0.110. The van der Waals surface area contributed by atoms with E-state index >= 15 is 0 Å². The first-order chi connectivity index (χ1) is 11.7. The van der Waals surface area contributed by atoms with E-state index in [4.69, 9.17) is 0 Å². The number of anilines is 2. The molecule has 0 atom stereocenters. The number of carbonyl (C=O) groups is 1. The second-order valence-corrected chi connectivity index (χ2v) is 7.22. The van der Waals surface area contributed by atoms with Crippen LogP contribution < -0.4 is 4.90 Å². The second-order valence-electron chi connectivity index (χ2n) is 5.22. The number of aryl methyl sites for hydroxylation is 1. The Balaban J connectivity index is 1.75. The zero-order chi connectivity index (χ0) is 16.5. The Morgan fingerprint density at radius 3 is 2.25 bits per heavy atom. The fraction of sp³-hybridized carbons (Fsp3) is 0.0556. The van der Waals surface area contributed by atoms with Crippen LogP contribution in [0.4, 0.5) is 16.2 Å². The number of carbonyl (C=O) groups excluding carboxylic acids is 1. The third-order valence-electron chi connectivity index (χ3n) is 3.57. The number of thioether (sulfide) groups is 1. The molecule has 4 rings (SSSR count). The predicted molar refractivity (Wildman–Crippen MR) is 97.2 cm³/mol. The van der Waals surface area contributed by atoms with Crippen LogP contribution >= 0.6 is 23.5 Å². The Morgan fingerprint density at radius 2 is 1.62 bits per heavy atom. The average Bonchev–Trinajstić information content (AvgIpc) is 2.59. The zero-order valence-corrected chi connectivity index (χ0v) is 14.5. The van der Waals surface area contributed by atoms with Crippen LogP contribution in [-0.2, 0) is 0 Å². The molecule has 0 fully saturated rings. The molecule has 0 N–H and O–H groups in total. The molecule has 0 bridgehead atoms. The lowest BCUT2D eigenvalue weighted by Crippen LogP contribution is -2.24. The van der Waals surface area contributed by atoms with E-state index in [0.29, 0.717) is 5.16 Å². The van der Waals surface area contributed by atoms with Gasteiger partial charge in [-0.3, -0.25) is 9.69 Å². The second kappa shape index (κ2) is 6.30. The lowest BCUT2D eigenvalue weighted by Gasteiger charge is -2.30. The van der Waals surface area contributed by atoms with Gasteiger partial charge >= 0.3 is 0 Å². The van der Waals surface area contributed by atoms with Gasteiger partial charge in [0, 0.05) is 33.4 Å². The maximum atomic E-state index is 13.0. The summed E-state index contributed by atoms with van der Waals surface area (Å²) in [4.78, 5) is 25.4. The normalized spacial score (nSPS) is 12.5. The Kier molecular flexibility index (Phi) is 4.00. The number of rotatable bonds is 1. The summed E-state index contributed by atoms with van der Waals surface area (Å²) in [6.07, 6.45) is 1.67. The summed E-state index contributed by atoms with van der Waals surface area (Å²) in [5.41, 5.74) is 2.63. The number of hydrogen-bond acceptors (Lipinski definition) is 5. The fourth-order valence-corrected chi connectivity index (χ4v) is 4.31. The minimum Gasteiger partial charge on any atom is -0.269 e. The topological polar surface area (TPSA) is 46.1 Å². The molecule has 24 heavy (non-hydrogen) atoms. The van der Waals surface area contributed by atoms with Crippen LogP contribution in [0.2, 0.25) is 0 Å². The van der Waals surface area contributed by atoms with E-state index < -0.39 is 0 Å². The van der Waals surface area contributed by atoms with E-state index in [1.165, 1.54) is 0 Å². The molecular formula is C18H13N3OS2. The number of amides is 1. The summed E-state index contributed by atoms with van der Waals surface area (Å²) in [5.74, 6) is 0. The van der Waals surface area contributed by atoms with Crippen molar-refractivity contribution in [3.8, 4) is 0 Å². The first kappa shape index (κ1) is 15.2. The zero-order valence-electron chi connectivity index (χ0n) is 12.8. The van der Waals surface area contributed by atoms with Gasteiger partial charge in [0.25, 0.3) is 5.24 Å². The molecule has 2 aromatic carbocycles. The summed E-state index contributed by atoms with van der Waals surface area (Å²) in [7, 11) is 0. The molecule has 0 saturated carbocycles. The van der Waals surface area contributed by atoms with Gasteiger partial charge in [-0.1, -0.05) is 36.0 Å². The molecule has 1 aliphatic rings. The molecule has 0 saturated heterocycles. The first-order valence-corrected chi connectivity index (χ1v) is 9.03. The minimum atomic E-state index is -0.110. The van der Waals surface area contributed by atoms with E-state index in [0.717, 1.165) is 38.6 Å². The largest absolute Gasteiger partial charge is 0.298 e. The highest BCUT2D eigenvalue weighted by molar-refractivity contribution is 8.13. The van der Waals surface area contributed by atoms with Crippen molar-refractivity contribution in [2.24, 2.45) is 0 Å². The van der Waals surface area contributed by atoms with E-state index in [1.54, 1.807) is 22.9 Å². The van der Waals surface area contributed by atoms with Crippen LogP contribution in [0.1, 0.15) is 5.69 Å². The Hall–Kier alpha value is -2.31. The highest BCUT2D eigenvalue weighted by Crippen LogP contribution is 2.49. The quantitative estimate of drug-likeness (QED) is 0.440. The molecule has 1 aliphatic heterocycles. The third-order valence-corrected chi connectivity index (χ3v) is 5.43. The number of hydrogen-bond donors (Lipinski definition) is 0. The van der Waals surface area contributed by atoms with Crippen LogP contribution in [0.5, 0.6) is 0 Å². The van der Waals surface area contributed by atoms with Crippen molar-refractivity contribution in [2.45, 2.75) is 21.9 Å². The summed E-state index contributed by atoms with van der Waals surface area (Å²) in [5, 5.41) is 0.356. The van der Waals surface area contributed by atoms with Gasteiger partial charge in [-0.2, -0.15) is 0 Å². The summed E-state index contributed by atoms with van der Waals surface area (Å²) < 4.78 is 0. The van der Waals surface area contributed by atoms with Gasteiger partial charge in [0.15, 0.2) is 5.16 Å². The van der Waals surface area contributed by atoms with Gasteiger partial charge in [0.2, 0.25) is 0 Å². The monoisotopic (exact) mass is 351 g/mol. The van der Waals surface area contributed by atoms with Gasteiger partial charge in [0.1, 0.15) is 0 Å². The van der Waals surface area contributed by atoms with Crippen molar-refractivity contribution >= 4 is 40.1 Å². The number of fused-ring (bicyclic) bond motifs is 2. The molecule has 6 heteroatoms. The summed E-state index contributed by atoms with van der Waals surface area (Å²) in [6.45, 7) is 1.89. The van der Waals surface area contributed by atoms with Crippen molar-refractivity contribution in [1.29, 1.82) is 0 Å². The fourth-order valence-electron chi connectivity index (χ4n) is 2.50. The van der Waals surface area contributed by atoms with Crippen LogP contribution in [0, 0.1) is 6.92 Å². The van der Waals surface area contributed by atoms with Gasteiger partial charge in [0.05, 0.1) is 11.4 Å². The molecule has 2 heterocycles. The Bertz CT molecular complexity index is 884. The van der Waals surface area contributed by atoms with Crippen LogP contribution in [0.15, 0.2) is 75.7 Å². The van der Waals surface area contributed by atoms with Crippen molar-refractivity contribution < 1.29 is 4.79 Å². The molecule has 4 nitrogen and oxygen atoms in total. The maximum Gasteiger partial charge on any atom is 0.298 e. The van der Waals surface area contributed by atoms with Crippen molar-refractivity contribution in [3.63, 3.8) is 0 Å². The van der Waals surface area contributed by atoms with Gasteiger partial charge in [-0.15, -0.1) is 0 Å². The van der Waals surface area contributed by atoms with E-state index in [-0.39, 0.29) is 5.24 Å². The molecule has 118 valence electrons. The van der Waals surface area contributed by atoms with Gasteiger partial charge < -0.3 is 0 Å². The van der Waals surface area contributed by atoms with E-state index in [1.807, 2.05) is 61.5 Å². The summed E-state index contributed by atoms with van der Waals surface area (Å²) in [6, 6.07) is 17.7. The number of nitrogens with zero attached hydrogens (tertiary/aromatic N) is 3. The Labute approximate surface area is 148 Å². The van der Waals surface area contributed by atoms with Crippen LogP contribution in [0.25, 0.3) is 0 Å². The van der Waals surface area contributed by atoms with Gasteiger partial charge in [-0.25, -0.2) is 9.97 Å². The number of para-hydroxylation sites is 2. The molecular weight excluding hydrogens is 338 g/mol. The highest BCUT2D eigenvalue weighted by Gasteiger charge is 2.28. The molecule has 0 aliphatic carbocycles. The van der Waals surface area contributed by atoms with Crippen molar-refractivity contribution in [3.05, 3.63) is 66.5 Å². The maximum absolute atomic E-state index is 13.0. The molecule has 0 unspecified atom stereocenters. The van der Waals surface area contributed by atoms with Crippen molar-refractivity contribution in [1.82, 2.24) is 9.97 Å². The van der Waals surface area contributed by atoms with Crippen LogP contribution in [-0.4, -0.2) is 15.2 Å². The standard InChI is InChI=1S/C18H13N3OS2/c1-12-10-11-19-17(20-12)24-18(22)21-13-6-2-4-8-15(13)23-16-9-5-3-7-14(16)21/h2-11H,1H3. The summed E-state index contributed by atoms with van der Waals surface area (Å²) >= 11 is 2.73. The molecule has 1 aromatic heterocycles. The lowest BCUT2D eigenvalue weighted by atomic mass is 10.2. The lowest BCUT2D eigenvalue weighted by molar-refractivity contribution is 0.266. The average molecular weight is 351 g/mol. The number of aromatic nitrogens is 2.